The lowest BCUT2D eigenvalue weighted by Crippen LogP contribution is -2.48. The van der Waals surface area contributed by atoms with Gasteiger partial charge in [-0.05, 0) is 112 Å². The lowest BCUT2D eigenvalue weighted by Gasteiger charge is -2.38. The van der Waals surface area contributed by atoms with E-state index in [0.717, 1.165) is 41.0 Å². The van der Waals surface area contributed by atoms with Crippen LogP contribution >= 0.6 is 0 Å². The number of rotatable bonds is 11. The lowest BCUT2D eigenvalue weighted by molar-refractivity contribution is 0.349. The van der Waals surface area contributed by atoms with Crippen molar-refractivity contribution in [1.82, 2.24) is 0 Å². The number of hydrogen-bond donors (Lipinski definition) is 0. The van der Waals surface area contributed by atoms with Crippen LogP contribution in [0.5, 0.6) is 0 Å². The molecule has 185 valence electrons. The summed E-state index contributed by atoms with van der Waals surface area (Å²) in [5.74, 6) is 5.42. The molecule has 0 aromatic rings. The van der Waals surface area contributed by atoms with Crippen molar-refractivity contribution in [3.63, 3.8) is 0 Å². The SMILES string of the molecule is C[Si](C)(CCC1CC2C=CC1C2)O[Si](O[Si](C)(C)CCC1CC2C=CC1C2)C1CCCCC1. The first-order chi connectivity index (χ1) is 15.8. The Balaban J connectivity index is 1.16. The highest BCUT2D eigenvalue weighted by Gasteiger charge is 2.43. The van der Waals surface area contributed by atoms with Crippen molar-refractivity contribution in [2.24, 2.45) is 35.5 Å². The van der Waals surface area contributed by atoms with Crippen molar-refractivity contribution in [3.05, 3.63) is 24.3 Å². The van der Waals surface area contributed by atoms with Crippen LogP contribution in [-0.4, -0.2) is 25.9 Å². The summed E-state index contributed by atoms with van der Waals surface area (Å²) < 4.78 is 14.4. The number of allylic oxidation sites excluding steroid dienone is 4. The van der Waals surface area contributed by atoms with Gasteiger partial charge in [0.25, 0.3) is 0 Å². The average Bonchev–Trinajstić information content (AvgIpc) is 3.58. The molecule has 0 N–H and O–H groups in total. The van der Waals surface area contributed by atoms with Gasteiger partial charge in [-0.1, -0.05) is 56.4 Å². The molecule has 0 aromatic carbocycles. The van der Waals surface area contributed by atoms with E-state index in [2.05, 4.69) is 50.5 Å². The van der Waals surface area contributed by atoms with Crippen molar-refractivity contribution >= 4 is 25.9 Å². The third-order valence-corrected chi connectivity index (χ3v) is 20.0. The molecule has 0 aromatic heterocycles. The van der Waals surface area contributed by atoms with Gasteiger partial charge in [0.15, 0.2) is 16.6 Å². The molecule has 2 nitrogen and oxygen atoms in total. The van der Waals surface area contributed by atoms with Crippen LogP contribution in [0.3, 0.4) is 0 Å². The molecule has 5 aliphatic carbocycles. The second kappa shape index (κ2) is 10.2. The Morgan fingerprint density at radius 3 is 1.55 bits per heavy atom. The van der Waals surface area contributed by atoms with Gasteiger partial charge in [0, 0.05) is 5.54 Å². The number of fused-ring (bicyclic) bond motifs is 4. The summed E-state index contributed by atoms with van der Waals surface area (Å²) in [6, 6.07) is 2.66. The highest BCUT2D eigenvalue weighted by molar-refractivity contribution is 6.82. The Morgan fingerprint density at radius 2 is 1.15 bits per heavy atom. The topological polar surface area (TPSA) is 18.5 Å². The number of hydrogen-bond acceptors (Lipinski definition) is 2. The fourth-order valence-corrected chi connectivity index (χ4v) is 17.8. The smallest absolute Gasteiger partial charge is 0.366 e. The van der Waals surface area contributed by atoms with Crippen LogP contribution < -0.4 is 0 Å². The third-order valence-electron chi connectivity index (χ3n) is 9.76. The lowest BCUT2D eigenvalue weighted by atomic mass is 9.91. The summed E-state index contributed by atoms with van der Waals surface area (Å²) in [6.45, 7) is 10.0. The van der Waals surface area contributed by atoms with Crippen LogP contribution in [0, 0.1) is 35.5 Å². The van der Waals surface area contributed by atoms with E-state index in [1.165, 1.54) is 82.7 Å². The summed E-state index contributed by atoms with van der Waals surface area (Å²) in [5, 5.41) is 0. The molecule has 5 rings (SSSR count). The second-order valence-electron chi connectivity index (χ2n) is 13.5. The minimum atomic E-state index is -1.70. The molecular weight excluding hydrogens is 453 g/mol. The predicted octanol–water partition coefficient (Wildman–Crippen LogP) is 8.46. The molecule has 3 fully saturated rings. The zero-order valence-electron chi connectivity index (χ0n) is 21.9. The van der Waals surface area contributed by atoms with E-state index in [1.54, 1.807) is 0 Å². The molecule has 33 heavy (non-hydrogen) atoms. The summed E-state index contributed by atoms with van der Waals surface area (Å²) in [7, 11) is -4.56. The molecule has 6 atom stereocenters. The molecule has 0 heterocycles. The van der Waals surface area contributed by atoms with Crippen molar-refractivity contribution in [3.8, 4) is 0 Å². The van der Waals surface area contributed by atoms with E-state index in [9.17, 15) is 0 Å². The van der Waals surface area contributed by atoms with Gasteiger partial charge in [0.2, 0.25) is 0 Å². The van der Waals surface area contributed by atoms with Gasteiger partial charge in [-0.15, -0.1) is 0 Å². The van der Waals surface area contributed by atoms with Crippen molar-refractivity contribution < 1.29 is 8.23 Å². The molecule has 0 spiro atoms. The van der Waals surface area contributed by atoms with Crippen molar-refractivity contribution in [2.75, 3.05) is 0 Å². The Hall–Kier alpha value is 0.0506. The first-order valence-corrected chi connectivity index (χ1v) is 22.0. The van der Waals surface area contributed by atoms with Crippen LogP contribution in [0.25, 0.3) is 0 Å². The summed E-state index contributed by atoms with van der Waals surface area (Å²) >= 11 is 0. The third kappa shape index (κ3) is 6.25. The quantitative estimate of drug-likeness (QED) is 0.209. The Bertz CT molecular complexity index is 675. The van der Waals surface area contributed by atoms with Crippen molar-refractivity contribution in [1.29, 1.82) is 0 Å². The molecular formula is C28H49O2Si3. The predicted molar refractivity (Wildman–Crippen MR) is 146 cm³/mol. The van der Waals surface area contributed by atoms with Crippen molar-refractivity contribution in [2.45, 2.75) is 114 Å². The minimum Gasteiger partial charge on any atom is -0.435 e. The Morgan fingerprint density at radius 1 is 0.667 bits per heavy atom. The van der Waals surface area contributed by atoms with E-state index in [4.69, 9.17) is 8.23 Å². The molecule has 0 saturated heterocycles. The molecule has 1 radical (unpaired) electrons. The zero-order valence-corrected chi connectivity index (χ0v) is 24.9. The average molecular weight is 502 g/mol. The molecule has 3 saturated carbocycles. The zero-order chi connectivity index (χ0) is 23.1. The first-order valence-electron chi connectivity index (χ1n) is 14.4. The minimum absolute atomic E-state index is 0.734. The highest BCUT2D eigenvalue weighted by Crippen LogP contribution is 2.47. The normalized spacial score (nSPS) is 36.0. The summed E-state index contributed by atoms with van der Waals surface area (Å²) in [5.41, 5.74) is 0.734. The van der Waals surface area contributed by atoms with Gasteiger partial charge in [0.05, 0.1) is 0 Å². The summed E-state index contributed by atoms with van der Waals surface area (Å²) in [4.78, 5) is 0. The van der Waals surface area contributed by atoms with E-state index >= 15 is 0 Å². The molecule has 5 aliphatic rings. The fraction of sp³-hybridized carbons (Fsp3) is 0.857. The maximum absolute atomic E-state index is 7.20. The Labute approximate surface area is 208 Å². The largest absolute Gasteiger partial charge is 0.435 e. The van der Waals surface area contributed by atoms with Crippen LogP contribution in [-0.2, 0) is 8.23 Å². The molecule has 5 heteroatoms. The van der Waals surface area contributed by atoms with Gasteiger partial charge >= 0.3 is 9.28 Å². The molecule has 6 unspecified atom stereocenters. The van der Waals surface area contributed by atoms with Gasteiger partial charge in [0.1, 0.15) is 0 Å². The molecule has 4 bridgehead atoms. The van der Waals surface area contributed by atoms with Gasteiger partial charge in [-0.25, -0.2) is 0 Å². The molecule has 0 aliphatic heterocycles. The maximum atomic E-state index is 7.20. The van der Waals surface area contributed by atoms with E-state index < -0.39 is 25.9 Å². The maximum Gasteiger partial charge on any atom is 0.366 e. The van der Waals surface area contributed by atoms with Crippen LogP contribution in [0.1, 0.15) is 70.6 Å². The first kappa shape index (κ1) is 24.7. The highest BCUT2D eigenvalue weighted by atomic mass is 28.4. The van der Waals surface area contributed by atoms with E-state index in [0.29, 0.717) is 0 Å². The fourth-order valence-electron chi connectivity index (χ4n) is 7.69. The van der Waals surface area contributed by atoms with Gasteiger partial charge < -0.3 is 8.23 Å². The van der Waals surface area contributed by atoms with Crippen LogP contribution in [0.15, 0.2) is 24.3 Å². The van der Waals surface area contributed by atoms with Gasteiger partial charge in [-0.3, -0.25) is 0 Å². The monoisotopic (exact) mass is 501 g/mol. The summed E-state index contributed by atoms with van der Waals surface area (Å²) in [6.07, 6.45) is 25.5. The molecule has 0 amide bonds. The second-order valence-corrected chi connectivity index (χ2v) is 24.7. The van der Waals surface area contributed by atoms with Crippen LogP contribution in [0.4, 0.5) is 0 Å². The van der Waals surface area contributed by atoms with Gasteiger partial charge in [-0.2, -0.15) is 0 Å². The Kier molecular flexibility index (Phi) is 7.64. The van der Waals surface area contributed by atoms with E-state index in [-0.39, 0.29) is 0 Å². The standard InChI is InChI=1S/C28H49O2Si3/c1-32(2,16-14-26-20-22-10-12-24(26)18-22)29-31(28-8-6-5-7-9-28)30-33(3,4)17-15-27-21-23-11-13-25(27)19-23/h10-13,22-28H,5-9,14-21H2,1-4H3. The van der Waals surface area contributed by atoms with E-state index in [1.807, 2.05) is 0 Å². The van der Waals surface area contributed by atoms with Crippen LogP contribution in [0.2, 0.25) is 43.8 Å².